The molecule has 0 aliphatic heterocycles. The monoisotopic (exact) mass is 401 g/mol. The molecular formula is C25H24FN3O. The zero-order valence-corrected chi connectivity index (χ0v) is 16.9. The van der Waals surface area contributed by atoms with E-state index in [2.05, 4.69) is 16.4 Å². The van der Waals surface area contributed by atoms with Crippen molar-refractivity contribution in [2.75, 3.05) is 5.32 Å². The summed E-state index contributed by atoms with van der Waals surface area (Å²) in [5.41, 5.74) is 3.17. The summed E-state index contributed by atoms with van der Waals surface area (Å²) in [6.45, 7) is 1.98. The van der Waals surface area contributed by atoms with E-state index in [0.717, 1.165) is 42.1 Å². The molecule has 1 fully saturated rings. The smallest absolute Gasteiger partial charge is 0.227 e. The van der Waals surface area contributed by atoms with Gasteiger partial charge >= 0.3 is 0 Å². The van der Waals surface area contributed by atoms with E-state index in [1.54, 1.807) is 42.6 Å². The number of rotatable bonds is 4. The Hall–Kier alpha value is -3.26. The molecular weight excluding hydrogens is 377 g/mol. The number of halogens is 1. The van der Waals surface area contributed by atoms with Crippen LogP contribution in [-0.2, 0) is 4.79 Å². The number of fused-ring (bicyclic) bond motifs is 1. The van der Waals surface area contributed by atoms with Crippen LogP contribution in [0.5, 0.6) is 0 Å². The maximum Gasteiger partial charge on any atom is 0.227 e. The Labute approximate surface area is 175 Å². The predicted molar refractivity (Wildman–Crippen MR) is 115 cm³/mol. The minimum absolute atomic E-state index is 0.00929. The average molecular weight is 401 g/mol. The van der Waals surface area contributed by atoms with Crippen LogP contribution < -0.4 is 5.32 Å². The van der Waals surface area contributed by atoms with Crippen molar-refractivity contribution in [2.45, 2.75) is 38.5 Å². The van der Waals surface area contributed by atoms with Gasteiger partial charge in [-0.3, -0.25) is 9.78 Å². The van der Waals surface area contributed by atoms with Crippen molar-refractivity contribution in [3.8, 4) is 6.07 Å². The second kappa shape index (κ2) is 8.62. The van der Waals surface area contributed by atoms with Crippen LogP contribution >= 0.6 is 0 Å². The lowest BCUT2D eigenvalue weighted by Gasteiger charge is -2.32. The molecule has 0 saturated heterocycles. The summed E-state index contributed by atoms with van der Waals surface area (Å²) in [5.74, 6) is 0.311. The van der Waals surface area contributed by atoms with Gasteiger partial charge in [-0.2, -0.15) is 5.26 Å². The fourth-order valence-corrected chi connectivity index (χ4v) is 4.56. The van der Waals surface area contributed by atoms with E-state index >= 15 is 0 Å². The fraction of sp³-hybridized carbons (Fsp3) is 0.320. The molecule has 0 spiro atoms. The highest BCUT2D eigenvalue weighted by atomic mass is 19.1. The first-order valence-corrected chi connectivity index (χ1v) is 10.4. The molecule has 1 N–H and O–H groups in total. The van der Waals surface area contributed by atoms with E-state index in [9.17, 15) is 9.18 Å². The summed E-state index contributed by atoms with van der Waals surface area (Å²) in [7, 11) is 0. The number of carbonyl (C=O) groups is 1. The van der Waals surface area contributed by atoms with Crippen molar-refractivity contribution >= 4 is 22.5 Å². The van der Waals surface area contributed by atoms with Gasteiger partial charge in [0, 0.05) is 23.2 Å². The van der Waals surface area contributed by atoms with E-state index in [4.69, 9.17) is 5.26 Å². The standard InChI is InChI=1S/C25H24FN3O/c1-16(25(30)29-21-4-2-3-17(13-21)15-27)18-5-7-19(8-6-18)22-11-12-28-24-10-9-20(26)14-23(22)24/h2-4,9-14,16,18-19H,5-8H2,1H3,(H,29,30)/t16-,18-,19+/m1/s1. The van der Waals surface area contributed by atoms with Crippen LogP contribution in [0.3, 0.4) is 0 Å². The summed E-state index contributed by atoms with van der Waals surface area (Å²) in [4.78, 5) is 17.1. The topological polar surface area (TPSA) is 65.8 Å². The van der Waals surface area contributed by atoms with Crippen molar-refractivity contribution in [3.63, 3.8) is 0 Å². The molecule has 4 rings (SSSR count). The van der Waals surface area contributed by atoms with Crippen molar-refractivity contribution in [1.29, 1.82) is 5.26 Å². The minimum Gasteiger partial charge on any atom is -0.326 e. The number of pyridine rings is 1. The van der Waals surface area contributed by atoms with Gasteiger partial charge in [0.2, 0.25) is 5.91 Å². The van der Waals surface area contributed by atoms with Gasteiger partial charge in [0.05, 0.1) is 17.1 Å². The number of nitrogens with zero attached hydrogens (tertiary/aromatic N) is 2. The summed E-state index contributed by atoms with van der Waals surface area (Å²) >= 11 is 0. The quantitative estimate of drug-likeness (QED) is 0.601. The zero-order chi connectivity index (χ0) is 21.1. The van der Waals surface area contributed by atoms with E-state index < -0.39 is 0 Å². The third-order valence-corrected chi connectivity index (χ3v) is 6.33. The summed E-state index contributed by atoms with van der Waals surface area (Å²) < 4.78 is 13.8. The first-order valence-electron chi connectivity index (χ1n) is 10.4. The van der Waals surface area contributed by atoms with Crippen LogP contribution in [0.1, 0.15) is 49.7 Å². The van der Waals surface area contributed by atoms with Crippen LogP contribution in [-0.4, -0.2) is 10.9 Å². The number of anilines is 1. The Bertz CT molecular complexity index is 1110. The number of hydrogen-bond donors (Lipinski definition) is 1. The second-order valence-corrected chi connectivity index (χ2v) is 8.14. The maximum absolute atomic E-state index is 13.8. The minimum atomic E-state index is -0.240. The highest BCUT2D eigenvalue weighted by Gasteiger charge is 2.30. The number of nitriles is 1. The summed E-state index contributed by atoms with van der Waals surface area (Å²) in [6, 6.07) is 15.8. The number of nitrogens with one attached hydrogen (secondary N) is 1. The maximum atomic E-state index is 13.8. The van der Waals surface area contributed by atoms with E-state index in [-0.39, 0.29) is 17.6 Å². The van der Waals surface area contributed by atoms with Crippen molar-refractivity contribution in [1.82, 2.24) is 4.98 Å². The molecule has 1 heterocycles. The number of amides is 1. The molecule has 1 atom stereocenters. The third kappa shape index (κ3) is 4.18. The van der Waals surface area contributed by atoms with Crippen molar-refractivity contribution < 1.29 is 9.18 Å². The third-order valence-electron chi connectivity index (χ3n) is 6.33. The second-order valence-electron chi connectivity index (χ2n) is 8.14. The van der Waals surface area contributed by atoms with Crippen molar-refractivity contribution in [2.24, 2.45) is 11.8 Å². The van der Waals surface area contributed by atoms with Crippen LogP contribution in [0.2, 0.25) is 0 Å². The lowest BCUT2D eigenvalue weighted by molar-refractivity contribution is -0.121. The van der Waals surface area contributed by atoms with Crippen LogP contribution in [0.25, 0.3) is 10.9 Å². The Morgan fingerprint density at radius 1 is 1.17 bits per heavy atom. The Kier molecular flexibility index (Phi) is 5.76. The molecule has 5 heteroatoms. The van der Waals surface area contributed by atoms with E-state index in [1.807, 2.05) is 13.0 Å². The molecule has 1 aliphatic rings. The van der Waals surface area contributed by atoms with Gasteiger partial charge in [0.1, 0.15) is 5.82 Å². The SMILES string of the molecule is C[C@@H](C(=O)Nc1cccc(C#N)c1)[C@H]1CC[C@@H](c2ccnc3ccc(F)cc32)CC1. The first-order chi connectivity index (χ1) is 14.5. The lowest BCUT2D eigenvalue weighted by atomic mass is 9.73. The van der Waals surface area contributed by atoms with Gasteiger partial charge in [-0.15, -0.1) is 0 Å². The number of carbonyl (C=O) groups excluding carboxylic acids is 1. The molecule has 1 amide bonds. The Morgan fingerprint density at radius 2 is 1.97 bits per heavy atom. The number of benzene rings is 2. The van der Waals surface area contributed by atoms with Gasteiger partial charge in [-0.25, -0.2) is 4.39 Å². The average Bonchev–Trinajstić information content (AvgIpc) is 2.78. The lowest BCUT2D eigenvalue weighted by Crippen LogP contribution is -2.29. The predicted octanol–water partition coefficient (Wildman–Crippen LogP) is 5.79. The van der Waals surface area contributed by atoms with E-state index in [0.29, 0.717) is 23.1 Å². The molecule has 30 heavy (non-hydrogen) atoms. The normalized spacial score (nSPS) is 19.8. The number of aromatic nitrogens is 1. The molecule has 1 saturated carbocycles. The molecule has 3 aromatic rings. The molecule has 0 radical (unpaired) electrons. The largest absolute Gasteiger partial charge is 0.326 e. The fourth-order valence-electron chi connectivity index (χ4n) is 4.56. The highest BCUT2D eigenvalue weighted by molar-refractivity contribution is 5.92. The zero-order valence-electron chi connectivity index (χ0n) is 16.9. The van der Waals surface area contributed by atoms with E-state index in [1.165, 1.54) is 6.07 Å². The van der Waals surface area contributed by atoms with Crippen LogP contribution in [0.4, 0.5) is 10.1 Å². The van der Waals surface area contributed by atoms with Crippen LogP contribution in [0.15, 0.2) is 54.7 Å². The summed E-state index contributed by atoms with van der Waals surface area (Å²) in [5, 5.41) is 12.9. The molecule has 2 aromatic carbocycles. The molecule has 152 valence electrons. The summed E-state index contributed by atoms with van der Waals surface area (Å²) in [6.07, 6.45) is 5.66. The van der Waals surface area contributed by atoms with Gasteiger partial charge < -0.3 is 5.32 Å². The molecule has 0 unspecified atom stereocenters. The number of hydrogen-bond acceptors (Lipinski definition) is 3. The van der Waals surface area contributed by atoms with Gasteiger partial charge in [-0.05, 0) is 85.5 Å². The Balaban J connectivity index is 1.41. The first kappa shape index (κ1) is 20.0. The molecule has 1 aliphatic carbocycles. The highest BCUT2D eigenvalue weighted by Crippen LogP contribution is 2.41. The van der Waals surface area contributed by atoms with Gasteiger partial charge in [-0.1, -0.05) is 13.0 Å². The van der Waals surface area contributed by atoms with Crippen LogP contribution in [0, 0.1) is 29.0 Å². The molecule has 0 bridgehead atoms. The van der Waals surface area contributed by atoms with Gasteiger partial charge in [0.15, 0.2) is 0 Å². The van der Waals surface area contributed by atoms with Crippen molar-refractivity contribution in [3.05, 3.63) is 71.7 Å². The molecule has 4 nitrogen and oxygen atoms in total. The van der Waals surface area contributed by atoms with Gasteiger partial charge in [0.25, 0.3) is 0 Å². The molecule has 1 aromatic heterocycles. The Morgan fingerprint density at radius 3 is 2.73 bits per heavy atom.